The number of halogens is 1. The van der Waals surface area contributed by atoms with E-state index in [4.69, 9.17) is 11.5 Å². The van der Waals surface area contributed by atoms with Crippen molar-refractivity contribution < 1.29 is 4.39 Å². The monoisotopic (exact) mass is 382 g/mol. The van der Waals surface area contributed by atoms with Crippen molar-refractivity contribution in [1.82, 2.24) is 9.55 Å². The zero-order valence-electron chi connectivity index (χ0n) is 16.5. The predicted octanol–water partition coefficient (Wildman–Crippen LogP) is 4.02. The third-order valence-electron chi connectivity index (χ3n) is 4.88. The Morgan fingerprint density at radius 3 is 2.68 bits per heavy atom. The molecule has 0 aliphatic carbocycles. The van der Waals surface area contributed by atoms with E-state index in [1.807, 2.05) is 38.2 Å². The number of aromatic nitrogens is 2. The lowest BCUT2D eigenvalue weighted by atomic mass is 10.1. The third-order valence-corrected chi connectivity index (χ3v) is 4.88. The summed E-state index contributed by atoms with van der Waals surface area (Å²) in [7, 11) is 0. The first-order valence-electron chi connectivity index (χ1n) is 9.34. The summed E-state index contributed by atoms with van der Waals surface area (Å²) in [6.07, 6.45) is 2.04. The Balaban J connectivity index is 2.05. The van der Waals surface area contributed by atoms with Gasteiger partial charge < -0.3 is 26.7 Å². The lowest BCUT2D eigenvalue weighted by Gasteiger charge is -2.20. The molecule has 0 saturated heterocycles. The molecular formula is C21H27FN6. The summed E-state index contributed by atoms with van der Waals surface area (Å²) >= 11 is 0. The number of pyridine rings is 1. The van der Waals surface area contributed by atoms with Gasteiger partial charge in [0.25, 0.3) is 0 Å². The first-order valence-corrected chi connectivity index (χ1v) is 9.34. The van der Waals surface area contributed by atoms with Crippen molar-refractivity contribution in [3.8, 4) is 0 Å². The number of benzene rings is 1. The third kappa shape index (κ3) is 3.80. The van der Waals surface area contributed by atoms with Gasteiger partial charge in [-0.25, -0.2) is 9.37 Å². The molecule has 2 aromatic heterocycles. The van der Waals surface area contributed by atoms with Crippen LogP contribution in [0.25, 0.3) is 16.6 Å². The summed E-state index contributed by atoms with van der Waals surface area (Å²) in [6.45, 7) is 10.4. The lowest BCUT2D eigenvalue weighted by Crippen LogP contribution is -2.35. The second kappa shape index (κ2) is 7.90. The van der Waals surface area contributed by atoms with Crippen LogP contribution in [0.2, 0.25) is 0 Å². The molecule has 0 fully saturated rings. The quantitative estimate of drug-likeness (QED) is 0.495. The Morgan fingerprint density at radius 2 is 2.04 bits per heavy atom. The smallest absolute Gasteiger partial charge is 0.166 e. The average Bonchev–Trinajstić information content (AvgIpc) is 3.08. The first-order chi connectivity index (χ1) is 13.3. The molecule has 28 heavy (non-hydrogen) atoms. The molecule has 7 heteroatoms. The van der Waals surface area contributed by atoms with E-state index in [1.165, 1.54) is 6.07 Å². The molecule has 0 bridgehead atoms. The fourth-order valence-corrected chi connectivity index (χ4v) is 3.01. The fourth-order valence-electron chi connectivity index (χ4n) is 3.01. The van der Waals surface area contributed by atoms with Crippen molar-refractivity contribution in [2.45, 2.75) is 39.4 Å². The normalized spacial score (nSPS) is 13.3. The number of rotatable bonds is 7. The van der Waals surface area contributed by atoms with Crippen LogP contribution in [0.5, 0.6) is 0 Å². The first kappa shape index (κ1) is 19.7. The summed E-state index contributed by atoms with van der Waals surface area (Å²) in [5.74, 6) is 0.0515. The fraction of sp³-hybridized carbons (Fsp3) is 0.286. The van der Waals surface area contributed by atoms with Gasteiger partial charge in [-0.3, -0.25) is 0 Å². The predicted molar refractivity (Wildman–Crippen MR) is 115 cm³/mol. The largest absolute Gasteiger partial charge is 0.399 e. The van der Waals surface area contributed by atoms with Gasteiger partial charge in [0.05, 0.1) is 5.52 Å². The van der Waals surface area contributed by atoms with Gasteiger partial charge in [0.1, 0.15) is 5.82 Å². The van der Waals surface area contributed by atoms with Crippen molar-refractivity contribution >= 4 is 33.9 Å². The topological polar surface area (TPSA) is 93.9 Å². The van der Waals surface area contributed by atoms with Gasteiger partial charge >= 0.3 is 0 Å². The highest BCUT2D eigenvalue weighted by Gasteiger charge is 2.17. The second-order valence-corrected chi connectivity index (χ2v) is 7.00. The average molecular weight is 382 g/mol. The van der Waals surface area contributed by atoms with E-state index in [-0.39, 0.29) is 23.6 Å². The van der Waals surface area contributed by atoms with Crippen molar-refractivity contribution in [1.29, 1.82) is 0 Å². The Kier molecular flexibility index (Phi) is 5.56. The van der Waals surface area contributed by atoms with Crippen molar-refractivity contribution in [3.63, 3.8) is 0 Å². The van der Waals surface area contributed by atoms with Gasteiger partial charge in [-0.05, 0) is 45.0 Å². The van der Waals surface area contributed by atoms with Crippen LogP contribution in [0.15, 0.2) is 43.1 Å². The van der Waals surface area contributed by atoms with Crippen LogP contribution in [0.1, 0.15) is 26.3 Å². The van der Waals surface area contributed by atoms with Gasteiger partial charge in [0.15, 0.2) is 11.6 Å². The summed E-state index contributed by atoms with van der Waals surface area (Å²) in [5, 5.41) is 7.37. The molecule has 0 spiro atoms. The van der Waals surface area contributed by atoms with E-state index in [1.54, 1.807) is 0 Å². The van der Waals surface area contributed by atoms with Crippen LogP contribution in [-0.2, 0) is 6.54 Å². The van der Waals surface area contributed by atoms with Crippen LogP contribution in [0.3, 0.4) is 0 Å². The van der Waals surface area contributed by atoms with E-state index >= 15 is 0 Å². The Labute approximate surface area is 164 Å². The SMILES string of the molecule is C=C(N)c1cc(F)c(NC(C)[C@H](C)N)nc1Nc1cccc2c1ccn2CC. The number of anilines is 3. The molecule has 0 aliphatic heterocycles. The van der Waals surface area contributed by atoms with Crippen LogP contribution < -0.4 is 22.1 Å². The molecule has 2 atom stereocenters. The molecule has 6 nitrogen and oxygen atoms in total. The van der Waals surface area contributed by atoms with E-state index in [2.05, 4.69) is 39.8 Å². The van der Waals surface area contributed by atoms with Crippen LogP contribution in [-0.4, -0.2) is 21.6 Å². The van der Waals surface area contributed by atoms with Crippen molar-refractivity contribution in [2.24, 2.45) is 11.5 Å². The molecule has 6 N–H and O–H groups in total. The molecule has 0 aliphatic rings. The van der Waals surface area contributed by atoms with Crippen LogP contribution in [0.4, 0.5) is 21.7 Å². The maximum Gasteiger partial charge on any atom is 0.166 e. The van der Waals surface area contributed by atoms with Gasteiger partial charge in [-0.15, -0.1) is 0 Å². The van der Waals surface area contributed by atoms with Gasteiger partial charge in [0.2, 0.25) is 0 Å². The zero-order valence-corrected chi connectivity index (χ0v) is 16.5. The van der Waals surface area contributed by atoms with Crippen molar-refractivity contribution in [2.75, 3.05) is 10.6 Å². The Morgan fingerprint density at radius 1 is 1.29 bits per heavy atom. The number of fused-ring (bicyclic) bond motifs is 1. The zero-order chi connectivity index (χ0) is 20.4. The molecular weight excluding hydrogens is 355 g/mol. The van der Waals surface area contributed by atoms with Crippen LogP contribution in [0, 0.1) is 5.82 Å². The van der Waals surface area contributed by atoms with E-state index in [0.717, 1.165) is 23.1 Å². The lowest BCUT2D eigenvalue weighted by molar-refractivity contribution is 0.601. The number of hydrogen-bond donors (Lipinski definition) is 4. The number of nitrogens with zero attached hydrogens (tertiary/aromatic N) is 2. The molecule has 3 aromatic rings. The van der Waals surface area contributed by atoms with Gasteiger partial charge in [0, 0.05) is 47.2 Å². The number of hydrogen-bond acceptors (Lipinski definition) is 5. The molecule has 2 heterocycles. The minimum absolute atomic E-state index is 0.121. The Hall–Kier alpha value is -3.06. The summed E-state index contributed by atoms with van der Waals surface area (Å²) in [6, 6.07) is 9.04. The highest BCUT2D eigenvalue weighted by atomic mass is 19.1. The van der Waals surface area contributed by atoms with Crippen LogP contribution >= 0.6 is 0 Å². The summed E-state index contributed by atoms with van der Waals surface area (Å²) in [5.41, 5.74) is 14.4. The molecule has 3 rings (SSSR count). The van der Waals surface area contributed by atoms with E-state index in [0.29, 0.717) is 11.4 Å². The molecule has 148 valence electrons. The highest BCUT2D eigenvalue weighted by Crippen LogP contribution is 2.31. The van der Waals surface area contributed by atoms with E-state index < -0.39 is 5.82 Å². The maximum atomic E-state index is 14.6. The number of nitrogens with one attached hydrogen (secondary N) is 2. The molecule has 0 amide bonds. The summed E-state index contributed by atoms with van der Waals surface area (Å²) in [4.78, 5) is 4.44. The Bertz CT molecular complexity index is 1010. The molecule has 0 radical (unpaired) electrons. The molecule has 0 saturated carbocycles. The number of nitrogens with two attached hydrogens (primary N) is 2. The minimum Gasteiger partial charge on any atom is -0.399 e. The summed E-state index contributed by atoms with van der Waals surface area (Å²) < 4.78 is 16.7. The minimum atomic E-state index is -0.505. The van der Waals surface area contributed by atoms with Gasteiger partial charge in [-0.2, -0.15) is 0 Å². The maximum absolute atomic E-state index is 14.6. The van der Waals surface area contributed by atoms with Crippen molar-refractivity contribution in [3.05, 3.63) is 54.5 Å². The number of aryl methyl sites for hydroxylation is 1. The second-order valence-electron chi connectivity index (χ2n) is 7.00. The van der Waals surface area contributed by atoms with E-state index in [9.17, 15) is 4.39 Å². The molecule has 1 aromatic carbocycles. The molecule has 1 unspecified atom stereocenters. The highest BCUT2D eigenvalue weighted by molar-refractivity contribution is 5.94. The van der Waals surface area contributed by atoms with Gasteiger partial charge in [-0.1, -0.05) is 12.6 Å². The standard InChI is InChI=1S/C21H27FN6/c1-5-28-10-9-15-18(7-6-8-19(15)28)26-20-16(13(3)24)11-17(22)21(27-20)25-14(4)12(2)23/h6-12,14H,3,5,23-24H2,1-2,4H3,(H2,25,26,27)/t12-,14?/m0/s1.